The summed E-state index contributed by atoms with van der Waals surface area (Å²) in [4.78, 5) is 32.4. The predicted octanol–water partition coefficient (Wildman–Crippen LogP) is 4.44. The first-order chi connectivity index (χ1) is 14.1. The first kappa shape index (κ1) is 19.3. The van der Waals surface area contributed by atoms with Gasteiger partial charge in [-0.05, 0) is 43.2 Å². The SMILES string of the molecule is O=C(Nc1ccccn1)C1CCN(C(=O)c2ccc(-c3ccccc3F)s2)CC1. The number of likely N-dealkylation sites (tertiary alicyclic amines) is 1. The van der Waals surface area contributed by atoms with Gasteiger partial charge in [0.25, 0.3) is 5.91 Å². The van der Waals surface area contributed by atoms with Crippen LogP contribution in [0.1, 0.15) is 22.5 Å². The van der Waals surface area contributed by atoms with Crippen LogP contribution >= 0.6 is 11.3 Å². The van der Waals surface area contributed by atoms with Gasteiger partial charge in [-0.25, -0.2) is 9.37 Å². The van der Waals surface area contributed by atoms with Crippen molar-refractivity contribution in [2.45, 2.75) is 12.8 Å². The summed E-state index contributed by atoms with van der Waals surface area (Å²) in [7, 11) is 0. The number of hydrogen-bond acceptors (Lipinski definition) is 4. The summed E-state index contributed by atoms with van der Waals surface area (Å²) in [5, 5.41) is 2.83. The Labute approximate surface area is 172 Å². The van der Waals surface area contributed by atoms with Crippen LogP contribution in [0, 0.1) is 11.7 Å². The lowest BCUT2D eigenvalue weighted by Crippen LogP contribution is -2.41. The van der Waals surface area contributed by atoms with Gasteiger partial charge >= 0.3 is 0 Å². The molecule has 4 rings (SSSR count). The highest BCUT2D eigenvalue weighted by molar-refractivity contribution is 7.17. The van der Waals surface area contributed by atoms with E-state index < -0.39 is 0 Å². The second-order valence-corrected chi connectivity index (χ2v) is 8.00. The molecule has 0 saturated carbocycles. The van der Waals surface area contributed by atoms with Gasteiger partial charge in [0.1, 0.15) is 11.6 Å². The Balaban J connectivity index is 1.36. The predicted molar refractivity (Wildman–Crippen MR) is 111 cm³/mol. The molecule has 0 atom stereocenters. The van der Waals surface area contributed by atoms with Crippen LogP contribution in [0.2, 0.25) is 0 Å². The Morgan fingerprint density at radius 1 is 1.03 bits per heavy atom. The molecule has 2 amide bonds. The molecule has 1 aromatic carbocycles. The Kier molecular flexibility index (Phi) is 5.67. The average Bonchev–Trinajstić information content (AvgIpc) is 3.24. The largest absolute Gasteiger partial charge is 0.338 e. The van der Waals surface area contributed by atoms with Crippen molar-refractivity contribution >= 4 is 29.0 Å². The molecule has 0 spiro atoms. The number of nitrogens with one attached hydrogen (secondary N) is 1. The van der Waals surface area contributed by atoms with Gasteiger partial charge in [-0.3, -0.25) is 9.59 Å². The summed E-state index contributed by atoms with van der Waals surface area (Å²) in [5.41, 5.74) is 0.501. The van der Waals surface area contributed by atoms with Crippen molar-refractivity contribution in [3.63, 3.8) is 0 Å². The highest BCUT2D eigenvalue weighted by atomic mass is 32.1. The average molecular weight is 409 g/mol. The number of pyridine rings is 1. The third-order valence-corrected chi connectivity index (χ3v) is 6.13. The smallest absolute Gasteiger partial charge is 0.263 e. The van der Waals surface area contributed by atoms with E-state index in [9.17, 15) is 14.0 Å². The first-order valence-electron chi connectivity index (χ1n) is 9.48. The second kappa shape index (κ2) is 8.53. The molecule has 29 heavy (non-hydrogen) atoms. The number of amides is 2. The van der Waals surface area contributed by atoms with Gasteiger partial charge in [0, 0.05) is 35.6 Å². The minimum Gasteiger partial charge on any atom is -0.338 e. The van der Waals surface area contributed by atoms with Gasteiger partial charge < -0.3 is 10.2 Å². The number of hydrogen-bond donors (Lipinski definition) is 1. The molecule has 148 valence electrons. The zero-order valence-corrected chi connectivity index (χ0v) is 16.5. The Bertz CT molecular complexity index is 1010. The van der Waals surface area contributed by atoms with E-state index >= 15 is 0 Å². The van der Waals surface area contributed by atoms with Crippen LogP contribution in [0.3, 0.4) is 0 Å². The number of nitrogens with zero attached hydrogens (tertiary/aromatic N) is 2. The molecule has 7 heteroatoms. The van der Waals surface area contributed by atoms with E-state index in [2.05, 4.69) is 10.3 Å². The molecule has 0 unspecified atom stereocenters. The highest BCUT2D eigenvalue weighted by Gasteiger charge is 2.28. The number of aromatic nitrogens is 1. The maximum absolute atomic E-state index is 14.0. The van der Waals surface area contributed by atoms with Crippen LogP contribution in [-0.2, 0) is 4.79 Å². The fraction of sp³-hybridized carbons (Fsp3) is 0.227. The van der Waals surface area contributed by atoms with E-state index in [-0.39, 0.29) is 23.5 Å². The molecule has 3 heterocycles. The van der Waals surface area contributed by atoms with Crippen molar-refractivity contribution in [3.8, 4) is 10.4 Å². The van der Waals surface area contributed by atoms with Gasteiger partial charge in [0.2, 0.25) is 5.91 Å². The Morgan fingerprint density at radius 2 is 1.79 bits per heavy atom. The summed E-state index contributed by atoms with van der Waals surface area (Å²) in [6.07, 6.45) is 2.85. The molecule has 1 fully saturated rings. The molecule has 0 aliphatic carbocycles. The van der Waals surface area contributed by atoms with Gasteiger partial charge in [0.15, 0.2) is 0 Å². The maximum Gasteiger partial charge on any atom is 0.263 e. The lowest BCUT2D eigenvalue weighted by atomic mass is 9.96. The standard InChI is InChI=1S/C22H20FN3O2S/c23-17-6-2-1-5-16(17)18-8-9-19(29-18)22(28)26-13-10-15(11-14-26)21(27)25-20-7-3-4-12-24-20/h1-9,12,15H,10-11,13-14H2,(H,24,25,27). The normalized spacial score (nSPS) is 14.6. The van der Waals surface area contributed by atoms with Crippen molar-refractivity contribution in [1.29, 1.82) is 0 Å². The van der Waals surface area contributed by atoms with E-state index in [0.717, 1.165) is 4.88 Å². The monoisotopic (exact) mass is 409 g/mol. The maximum atomic E-state index is 14.0. The summed E-state index contributed by atoms with van der Waals surface area (Å²) in [6.45, 7) is 1.04. The van der Waals surface area contributed by atoms with Crippen molar-refractivity contribution in [1.82, 2.24) is 9.88 Å². The van der Waals surface area contributed by atoms with Crippen LogP contribution in [-0.4, -0.2) is 34.8 Å². The third-order valence-electron chi connectivity index (χ3n) is 5.03. The second-order valence-electron chi connectivity index (χ2n) is 6.91. The minimum absolute atomic E-state index is 0.0613. The number of halogens is 1. The molecule has 0 bridgehead atoms. The van der Waals surface area contributed by atoms with Gasteiger partial charge in [-0.2, -0.15) is 0 Å². The highest BCUT2D eigenvalue weighted by Crippen LogP contribution is 2.31. The molecule has 1 saturated heterocycles. The zero-order chi connectivity index (χ0) is 20.2. The quantitative estimate of drug-likeness (QED) is 0.693. The van der Waals surface area contributed by atoms with Gasteiger partial charge in [-0.1, -0.05) is 24.3 Å². The Morgan fingerprint density at radius 3 is 2.52 bits per heavy atom. The van der Waals surface area contributed by atoms with Crippen LogP contribution < -0.4 is 5.32 Å². The van der Waals surface area contributed by atoms with E-state index in [1.54, 1.807) is 53.6 Å². The number of carbonyl (C=O) groups is 2. The number of thiophene rings is 1. The molecular weight excluding hydrogens is 389 g/mol. The Hall–Kier alpha value is -3.06. The molecule has 1 aliphatic heterocycles. The molecule has 1 aliphatic rings. The lowest BCUT2D eigenvalue weighted by Gasteiger charge is -2.31. The zero-order valence-electron chi connectivity index (χ0n) is 15.7. The van der Waals surface area contributed by atoms with E-state index in [1.165, 1.54) is 17.4 Å². The molecule has 1 N–H and O–H groups in total. The first-order valence-corrected chi connectivity index (χ1v) is 10.3. The van der Waals surface area contributed by atoms with Crippen molar-refractivity contribution in [2.75, 3.05) is 18.4 Å². The fourth-order valence-electron chi connectivity index (χ4n) is 3.42. The van der Waals surface area contributed by atoms with Gasteiger partial charge in [0.05, 0.1) is 4.88 Å². The van der Waals surface area contributed by atoms with Crippen LogP contribution in [0.4, 0.5) is 10.2 Å². The summed E-state index contributed by atoms with van der Waals surface area (Å²) >= 11 is 1.29. The molecule has 5 nitrogen and oxygen atoms in total. The third kappa shape index (κ3) is 4.35. The van der Waals surface area contributed by atoms with E-state index in [4.69, 9.17) is 0 Å². The van der Waals surface area contributed by atoms with Crippen molar-refractivity contribution < 1.29 is 14.0 Å². The number of benzene rings is 1. The summed E-state index contributed by atoms with van der Waals surface area (Å²) in [6, 6.07) is 15.4. The topological polar surface area (TPSA) is 62.3 Å². The minimum atomic E-state index is -0.298. The molecule has 3 aromatic rings. The molecular formula is C22H20FN3O2S. The van der Waals surface area contributed by atoms with Crippen molar-refractivity contribution in [3.05, 3.63) is 71.5 Å². The van der Waals surface area contributed by atoms with Gasteiger partial charge in [-0.15, -0.1) is 11.3 Å². The summed E-state index contributed by atoms with van der Waals surface area (Å²) in [5.74, 6) is -0.0309. The number of carbonyl (C=O) groups excluding carboxylic acids is 2. The lowest BCUT2D eigenvalue weighted by molar-refractivity contribution is -0.121. The van der Waals surface area contributed by atoms with Crippen LogP contribution in [0.25, 0.3) is 10.4 Å². The molecule has 0 radical (unpaired) electrons. The van der Waals surface area contributed by atoms with E-state index in [0.29, 0.717) is 42.2 Å². The number of piperidine rings is 1. The van der Waals surface area contributed by atoms with Crippen LogP contribution in [0.15, 0.2) is 60.8 Å². The molecule has 2 aromatic heterocycles. The number of rotatable bonds is 4. The van der Waals surface area contributed by atoms with Crippen molar-refractivity contribution in [2.24, 2.45) is 5.92 Å². The summed E-state index contributed by atoms with van der Waals surface area (Å²) < 4.78 is 14.0. The number of anilines is 1. The fourth-order valence-corrected chi connectivity index (χ4v) is 4.43. The van der Waals surface area contributed by atoms with Crippen LogP contribution in [0.5, 0.6) is 0 Å². The van der Waals surface area contributed by atoms with E-state index in [1.807, 2.05) is 6.07 Å².